The van der Waals surface area contributed by atoms with Gasteiger partial charge in [-0.25, -0.2) is 9.50 Å². The highest BCUT2D eigenvalue weighted by molar-refractivity contribution is 7.13. The van der Waals surface area contributed by atoms with E-state index < -0.39 is 0 Å². The molecule has 0 radical (unpaired) electrons. The summed E-state index contributed by atoms with van der Waals surface area (Å²) in [4.78, 5) is 10.8. The first kappa shape index (κ1) is 17.3. The van der Waals surface area contributed by atoms with Gasteiger partial charge < -0.3 is 9.80 Å². The van der Waals surface area contributed by atoms with Crippen molar-refractivity contribution in [3.63, 3.8) is 0 Å². The Kier molecular flexibility index (Phi) is 4.28. The van der Waals surface area contributed by atoms with Gasteiger partial charge in [-0.15, -0.1) is 11.3 Å². The summed E-state index contributed by atoms with van der Waals surface area (Å²) < 4.78 is 1.95. The van der Waals surface area contributed by atoms with Crippen LogP contribution in [0.4, 0.5) is 11.5 Å². The van der Waals surface area contributed by atoms with Crippen molar-refractivity contribution in [3.8, 4) is 10.6 Å². The lowest BCUT2D eigenvalue weighted by molar-refractivity contribution is 0.646. The minimum Gasteiger partial charge on any atom is -0.368 e. The number of rotatable bonds is 3. The maximum atomic E-state index is 4.74. The number of hydrogen-bond acceptors (Lipinski definition) is 5. The Morgan fingerprint density at radius 3 is 2.57 bits per heavy atom. The van der Waals surface area contributed by atoms with E-state index in [1.165, 1.54) is 21.7 Å². The quantitative estimate of drug-likeness (QED) is 0.520. The summed E-state index contributed by atoms with van der Waals surface area (Å²) in [5.41, 5.74) is 6.18. The molecule has 4 aromatic rings. The number of anilines is 2. The molecule has 4 heterocycles. The molecule has 1 aliphatic rings. The van der Waals surface area contributed by atoms with E-state index in [0.717, 1.165) is 43.2 Å². The van der Waals surface area contributed by atoms with Gasteiger partial charge in [0.25, 0.3) is 0 Å². The van der Waals surface area contributed by atoms with E-state index in [-0.39, 0.29) is 0 Å². The van der Waals surface area contributed by atoms with Gasteiger partial charge in [0.05, 0.1) is 4.88 Å². The van der Waals surface area contributed by atoms with Crippen molar-refractivity contribution in [3.05, 3.63) is 65.3 Å². The number of benzene rings is 1. The second-order valence-electron chi connectivity index (χ2n) is 7.28. The van der Waals surface area contributed by atoms with Gasteiger partial charge in [-0.05, 0) is 48.6 Å². The summed E-state index contributed by atoms with van der Waals surface area (Å²) >= 11 is 1.72. The molecule has 0 N–H and O–H groups in total. The third-order valence-corrected chi connectivity index (χ3v) is 6.53. The van der Waals surface area contributed by atoms with Crippen molar-refractivity contribution >= 4 is 28.4 Å². The first-order valence-corrected chi connectivity index (χ1v) is 10.5. The molecular weight excluding hydrogens is 366 g/mol. The summed E-state index contributed by atoms with van der Waals surface area (Å²) in [6, 6.07) is 12.9. The molecule has 0 aliphatic carbocycles. The zero-order chi connectivity index (χ0) is 19.1. The average molecular weight is 390 g/mol. The van der Waals surface area contributed by atoms with Crippen LogP contribution >= 0.6 is 11.3 Å². The second kappa shape index (κ2) is 6.95. The lowest BCUT2D eigenvalue weighted by Crippen LogP contribution is -2.47. The lowest BCUT2D eigenvalue weighted by Gasteiger charge is -2.37. The predicted molar refractivity (Wildman–Crippen MR) is 117 cm³/mol. The number of hydrogen-bond donors (Lipinski definition) is 0. The molecule has 1 aliphatic heterocycles. The highest BCUT2D eigenvalue weighted by atomic mass is 32.1. The summed E-state index contributed by atoms with van der Waals surface area (Å²) in [7, 11) is 0. The maximum Gasteiger partial charge on any atom is 0.154 e. The third-order valence-electron chi connectivity index (χ3n) is 5.64. The Morgan fingerprint density at radius 2 is 1.79 bits per heavy atom. The van der Waals surface area contributed by atoms with Crippen LogP contribution in [0.25, 0.3) is 16.1 Å². The van der Waals surface area contributed by atoms with Gasteiger partial charge in [0.15, 0.2) is 5.82 Å². The van der Waals surface area contributed by atoms with E-state index in [4.69, 9.17) is 10.1 Å². The summed E-state index contributed by atoms with van der Waals surface area (Å²) in [6.45, 7) is 8.32. The van der Waals surface area contributed by atoms with Crippen LogP contribution in [0.2, 0.25) is 0 Å². The minimum atomic E-state index is 0.958. The van der Waals surface area contributed by atoms with Crippen molar-refractivity contribution in [1.29, 1.82) is 0 Å². The SMILES string of the molecule is Cc1cccc(N2CCN(c3nccn4nc(-c5cccs5)cc34)CC2)c1C. The van der Waals surface area contributed by atoms with E-state index >= 15 is 0 Å². The fourth-order valence-corrected chi connectivity index (χ4v) is 4.62. The Morgan fingerprint density at radius 1 is 0.964 bits per heavy atom. The van der Waals surface area contributed by atoms with Crippen LogP contribution in [0.3, 0.4) is 0 Å². The number of thiophene rings is 1. The number of nitrogens with zero attached hydrogens (tertiary/aromatic N) is 5. The Balaban J connectivity index is 1.40. The number of aromatic nitrogens is 3. The van der Waals surface area contributed by atoms with E-state index in [1.807, 2.05) is 16.9 Å². The molecule has 1 fully saturated rings. The van der Waals surface area contributed by atoms with Gasteiger partial charge >= 0.3 is 0 Å². The molecule has 1 saturated heterocycles. The van der Waals surface area contributed by atoms with Crippen molar-refractivity contribution in [2.75, 3.05) is 36.0 Å². The fourth-order valence-electron chi connectivity index (χ4n) is 3.93. The van der Waals surface area contributed by atoms with E-state index in [1.54, 1.807) is 11.3 Å². The monoisotopic (exact) mass is 389 g/mol. The smallest absolute Gasteiger partial charge is 0.154 e. The van der Waals surface area contributed by atoms with Crippen LogP contribution in [0.5, 0.6) is 0 Å². The van der Waals surface area contributed by atoms with Gasteiger partial charge in [0.1, 0.15) is 11.2 Å². The Bertz CT molecular complexity index is 1110. The molecule has 0 saturated carbocycles. The van der Waals surface area contributed by atoms with Crippen LogP contribution in [0, 0.1) is 13.8 Å². The molecular formula is C22H23N5S. The van der Waals surface area contributed by atoms with Crippen molar-refractivity contribution in [1.82, 2.24) is 14.6 Å². The average Bonchev–Trinajstić information content (AvgIpc) is 3.39. The highest BCUT2D eigenvalue weighted by Gasteiger charge is 2.22. The molecule has 0 amide bonds. The number of fused-ring (bicyclic) bond motifs is 1. The van der Waals surface area contributed by atoms with Gasteiger partial charge in [0, 0.05) is 44.3 Å². The fraction of sp³-hybridized carbons (Fsp3) is 0.273. The lowest BCUT2D eigenvalue weighted by atomic mass is 10.1. The molecule has 0 spiro atoms. The molecule has 5 rings (SSSR count). The molecule has 5 nitrogen and oxygen atoms in total. The summed E-state index contributed by atoms with van der Waals surface area (Å²) in [6.07, 6.45) is 3.78. The van der Waals surface area contributed by atoms with Gasteiger partial charge in [-0.2, -0.15) is 5.10 Å². The third kappa shape index (κ3) is 2.94. The van der Waals surface area contributed by atoms with Crippen LogP contribution in [-0.2, 0) is 0 Å². The maximum absolute atomic E-state index is 4.74. The van der Waals surface area contributed by atoms with E-state index in [0.29, 0.717) is 0 Å². The Labute approximate surface area is 168 Å². The van der Waals surface area contributed by atoms with Gasteiger partial charge in [-0.3, -0.25) is 0 Å². The van der Waals surface area contributed by atoms with E-state index in [2.05, 4.69) is 65.4 Å². The topological polar surface area (TPSA) is 36.7 Å². The minimum absolute atomic E-state index is 0.958. The predicted octanol–water partition coefficient (Wildman–Crippen LogP) is 4.40. The molecule has 0 bridgehead atoms. The first-order valence-electron chi connectivity index (χ1n) is 9.65. The number of aryl methyl sites for hydroxylation is 1. The largest absolute Gasteiger partial charge is 0.368 e. The normalized spacial score (nSPS) is 14.8. The van der Waals surface area contributed by atoms with Crippen molar-refractivity contribution in [2.45, 2.75) is 13.8 Å². The second-order valence-corrected chi connectivity index (χ2v) is 8.23. The van der Waals surface area contributed by atoms with Crippen LogP contribution in [-0.4, -0.2) is 40.8 Å². The van der Waals surface area contributed by atoms with Gasteiger partial charge in [0.2, 0.25) is 0 Å². The molecule has 1 aromatic carbocycles. The van der Waals surface area contributed by atoms with Gasteiger partial charge in [-0.1, -0.05) is 18.2 Å². The van der Waals surface area contributed by atoms with Crippen LogP contribution in [0.1, 0.15) is 11.1 Å². The number of piperazine rings is 1. The van der Waals surface area contributed by atoms with Crippen molar-refractivity contribution in [2.24, 2.45) is 0 Å². The first-order chi connectivity index (χ1) is 13.7. The Hall–Kier alpha value is -2.86. The van der Waals surface area contributed by atoms with Crippen LogP contribution in [0.15, 0.2) is 54.2 Å². The molecule has 28 heavy (non-hydrogen) atoms. The molecule has 0 atom stereocenters. The molecule has 3 aromatic heterocycles. The standard InChI is InChI=1S/C22H23N5S/c1-16-5-3-6-19(17(16)2)25-10-12-26(13-11-25)22-20-15-18(21-7-4-14-28-21)24-27(20)9-8-23-22/h3-9,14-15H,10-13H2,1-2H3. The van der Waals surface area contributed by atoms with E-state index in [9.17, 15) is 0 Å². The molecule has 0 unspecified atom stereocenters. The van der Waals surface area contributed by atoms with Crippen molar-refractivity contribution < 1.29 is 0 Å². The zero-order valence-electron chi connectivity index (χ0n) is 16.2. The summed E-state index contributed by atoms with van der Waals surface area (Å²) in [5.74, 6) is 1.03. The van der Waals surface area contributed by atoms with Crippen LogP contribution < -0.4 is 9.80 Å². The zero-order valence-corrected chi connectivity index (χ0v) is 17.0. The molecule has 6 heteroatoms. The molecule has 142 valence electrons. The highest BCUT2D eigenvalue weighted by Crippen LogP contribution is 2.29. The summed E-state index contributed by atoms with van der Waals surface area (Å²) in [5, 5.41) is 6.83.